The number of likely N-dealkylation sites (tertiary alicyclic amines) is 1. The fraction of sp³-hybridized carbons (Fsp3) is 0.474. The molecule has 1 saturated heterocycles. The van der Waals surface area contributed by atoms with Crippen molar-refractivity contribution >= 4 is 11.8 Å². The summed E-state index contributed by atoms with van der Waals surface area (Å²) in [7, 11) is 0. The zero-order chi connectivity index (χ0) is 17.5. The second-order valence-electron chi connectivity index (χ2n) is 6.35. The molecule has 0 saturated carbocycles. The Kier molecular flexibility index (Phi) is 6.78. The normalized spacial score (nSPS) is 18.4. The highest BCUT2D eigenvalue weighted by molar-refractivity contribution is 7.99. The van der Waals surface area contributed by atoms with E-state index >= 15 is 0 Å². The Morgan fingerprint density at radius 3 is 2.84 bits per heavy atom. The van der Waals surface area contributed by atoms with E-state index in [0.29, 0.717) is 12.6 Å². The van der Waals surface area contributed by atoms with Gasteiger partial charge in [0.2, 0.25) is 0 Å². The van der Waals surface area contributed by atoms with Crippen LogP contribution in [0.3, 0.4) is 0 Å². The topological polar surface area (TPSA) is 41.1 Å². The molecule has 6 heteroatoms. The van der Waals surface area contributed by atoms with Crippen LogP contribution < -0.4 is 5.32 Å². The summed E-state index contributed by atoms with van der Waals surface area (Å²) >= 11 is 1.65. The highest BCUT2D eigenvalue weighted by Crippen LogP contribution is 2.16. The molecule has 0 unspecified atom stereocenters. The van der Waals surface area contributed by atoms with Gasteiger partial charge in [-0.25, -0.2) is 14.4 Å². The molecule has 0 bridgehead atoms. The lowest BCUT2D eigenvalue weighted by molar-refractivity contribution is 0.181. The maximum absolute atomic E-state index is 13.8. The van der Waals surface area contributed by atoms with E-state index in [-0.39, 0.29) is 5.82 Å². The van der Waals surface area contributed by atoms with E-state index in [1.807, 2.05) is 24.5 Å². The van der Waals surface area contributed by atoms with Crippen molar-refractivity contribution in [3.63, 3.8) is 0 Å². The summed E-state index contributed by atoms with van der Waals surface area (Å²) < 4.78 is 13.8. The molecule has 1 aliphatic heterocycles. The van der Waals surface area contributed by atoms with Gasteiger partial charge in [-0.05, 0) is 31.2 Å². The van der Waals surface area contributed by atoms with Crippen LogP contribution in [0, 0.1) is 5.82 Å². The maximum atomic E-state index is 13.8. The number of rotatable bonds is 7. The highest BCUT2D eigenvalue weighted by Gasteiger charge is 2.20. The van der Waals surface area contributed by atoms with Crippen LogP contribution >= 0.6 is 11.8 Å². The van der Waals surface area contributed by atoms with Gasteiger partial charge < -0.3 is 5.32 Å². The molecule has 2 heterocycles. The second-order valence-corrected chi connectivity index (χ2v) is 7.58. The third kappa shape index (κ3) is 5.49. The van der Waals surface area contributed by atoms with Gasteiger partial charge in [0, 0.05) is 49.2 Å². The molecule has 25 heavy (non-hydrogen) atoms. The van der Waals surface area contributed by atoms with Crippen molar-refractivity contribution in [2.24, 2.45) is 0 Å². The molecular formula is C19H25FN4S. The third-order valence-electron chi connectivity index (χ3n) is 4.41. The quantitative estimate of drug-likeness (QED) is 0.605. The fourth-order valence-electron chi connectivity index (χ4n) is 3.13. The molecule has 0 radical (unpaired) electrons. The van der Waals surface area contributed by atoms with E-state index in [1.165, 1.54) is 6.07 Å². The molecule has 3 rings (SSSR count). The maximum Gasteiger partial charge on any atom is 0.187 e. The number of benzene rings is 1. The van der Waals surface area contributed by atoms with E-state index in [4.69, 9.17) is 0 Å². The SMILES string of the molecule is CCSc1ncc(CN[C@@H]2CCCN(Cc3ccccc3F)C2)cn1. The number of thioether (sulfide) groups is 1. The summed E-state index contributed by atoms with van der Waals surface area (Å²) in [6.45, 7) is 5.52. The summed E-state index contributed by atoms with van der Waals surface area (Å²) in [6.07, 6.45) is 6.09. The van der Waals surface area contributed by atoms with Crippen molar-refractivity contribution in [2.45, 2.75) is 44.1 Å². The lowest BCUT2D eigenvalue weighted by Gasteiger charge is -2.33. The Balaban J connectivity index is 1.49. The van der Waals surface area contributed by atoms with Gasteiger partial charge in [-0.2, -0.15) is 0 Å². The van der Waals surface area contributed by atoms with Gasteiger partial charge in [0.15, 0.2) is 5.16 Å². The Labute approximate surface area is 153 Å². The summed E-state index contributed by atoms with van der Waals surface area (Å²) in [5, 5.41) is 4.43. The molecule has 1 aliphatic rings. The number of halogens is 1. The highest BCUT2D eigenvalue weighted by atomic mass is 32.2. The Morgan fingerprint density at radius 1 is 1.28 bits per heavy atom. The minimum atomic E-state index is -0.111. The Hall–Kier alpha value is -1.50. The molecule has 1 aromatic heterocycles. The van der Waals surface area contributed by atoms with Crippen LogP contribution in [-0.2, 0) is 13.1 Å². The first kappa shape index (κ1) is 18.3. The molecule has 2 aromatic rings. The van der Waals surface area contributed by atoms with Crippen LogP contribution in [-0.4, -0.2) is 39.8 Å². The molecule has 4 nitrogen and oxygen atoms in total. The van der Waals surface area contributed by atoms with Crippen molar-refractivity contribution in [1.29, 1.82) is 0 Å². The van der Waals surface area contributed by atoms with Gasteiger partial charge >= 0.3 is 0 Å². The van der Waals surface area contributed by atoms with E-state index in [1.54, 1.807) is 17.8 Å². The van der Waals surface area contributed by atoms with Gasteiger partial charge in [-0.3, -0.25) is 4.90 Å². The van der Waals surface area contributed by atoms with Crippen molar-refractivity contribution in [1.82, 2.24) is 20.2 Å². The summed E-state index contributed by atoms with van der Waals surface area (Å²) in [4.78, 5) is 11.1. The van der Waals surface area contributed by atoms with Gasteiger partial charge in [-0.1, -0.05) is 36.9 Å². The first-order chi connectivity index (χ1) is 12.2. The zero-order valence-electron chi connectivity index (χ0n) is 14.6. The standard InChI is InChI=1S/C19H25FN4S/c1-2-25-19-22-11-15(12-23-19)10-21-17-7-5-9-24(14-17)13-16-6-3-4-8-18(16)20/h3-4,6,8,11-12,17,21H,2,5,7,9-10,13-14H2,1H3/t17-/m1/s1. The van der Waals surface area contributed by atoms with Crippen molar-refractivity contribution in [2.75, 3.05) is 18.8 Å². The summed E-state index contributed by atoms with van der Waals surface area (Å²) in [5.74, 6) is 0.872. The third-order valence-corrected chi connectivity index (χ3v) is 5.16. The minimum absolute atomic E-state index is 0.111. The fourth-order valence-corrected chi connectivity index (χ4v) is 3.65. The average molecular weight is 361 g/mol. The second kappa shape index (κ2) is 9.27. The molecule has 134 valence electrons. The van der Waals surface area contributed by atoms with Crippen molar-refractivity contribution < 1.29 is 4.39 Å². The predicted octanol–water partition coefficient (Wildman–Crippen LogP) is 3.48. The van der Waals surface area contributed by atoms with Crippen LogP contribution in [0.5, 0.6) is 0 Å². The molecule has 0 spiro atoms. The monoisotopic (exact) mass is 360 g/mol. The number of hydrogen-bond acceptors (Lipinski definition) is 5. The van der Waals surface area contributed by atoms with Crippen LogP contribution in [0.15, 0.2) is 41.8 Å². The zero-order valence-corrected chi connectivity index (χ0v) is 15.4. The Bertz CT molecular complexity index is 665. The molecule has 0 amide bonds. The number of nitrogens with zero attached hydrogens (tertiary/aromatic N) is 3. The van der Waals surface area contributed by atoms with Crippen LogP contribution in [0.25, 0.3) is 0 Å². The smallest absolute Gasteiger partial charge is 0.187 e. The van der Waals surface area contributed by atoms with Crippen LogP contribution in [0.4, 0.5) is 4.39 Å². The number of piperidine rings is 1. The molecule has 1 fully saturated rings. The minimum Gasteiger partial charge on any atom is -0.309 e. The first-order valence-corrected chi connectivity index (χ1v) is 9.86. The number of aromatic nitrogens is 2. The predicted molar refractivity (Wildman–Crippen MR) is 100.0 cm³/mol. The van der Waals surface area contributed by atoms with E-state index in [9.17, 15) is 4.39 Å². The average Bonchev–Trinajstić information content (AvgIpc) is 2.64. The summed E-state index contributed by atoms with van der Waals surface area (Å²) in [5.41, 5.74) is 1.88. The lowest BCUT2D eigenvalue weighted by atomic mass is 10.0. The molecule has 0 aliphatic carbocycles. The lowest BCUT2D eigenvalue weighted by Crippen LogP contribution is -2.45. The number of hydrogen-bond donors (Lipinski definition) is 1. The molecule has 1 N–H and O–H groups in total. The Morgan fingerprint density at radius 2 is 2.08 bits per heavy atom. The molecular weight excluding hydrogens is 335 g/mol. The van der Waals surface area contributed by atoms with E-state index in [0.717, 1.165) is 54.5 Å². The van der Waals surface area contributed by atoms with Gasteiger partial charge in [-0.15, -0.1) is 0 Å². The summed E-state index contributed by atoms with van der Waals surface area (Å²) in [6, 6.07) is 7.48. The van der Waals surface area contributed by atoms with Crippen LogP contribution in [0.2, 0.25) is 0 Å². The van der Waals surface area contributed by atoms with Gasteiger partial charge in [0.25, 0.3) is 0 Å². The van der Waals surface area contributed by atoms with E-state index in [2.05, 4.69) is 27.1 Å². The first-order valence-electron chi connectivity index (χ1n) is 8.87. The van der Waals surface area contributed by atoms with Crippen molar-refractivity contribution in [3.05, 3.63) is 53.6 Å². The van der Waals surface area contributed by atoms with E-state index < -0.39 is 0 Å². The number of nitrogens with one attached hydrogen (secondary N) is 1. The molecule has 1 aromatic carbocycles. The van der Waals surface area contributed by atoms with Crippen molar-refractivity contribution in [3.8, 4) is 0 Å². The van der Waals surface area contributed by atoms with Gasteiger partial charge in [0.1, 0.15) is 5.82 Å². The largest absolute Gasteiger partial charge is 0.309 e. The molecule has 1 atom stereocenters. The van der Waals surface area contributed by atoms with Crippen LogP contribution in [0.1, 0.15) is 30.9 Å². The van der Waals surface area contributed by atoms with Gasteiger partial charge in [0.05, 0.1) is 0 Å².